The van der Waals surface area contributed by atoms with Gasteiger partial charge in [-0.3, -0.25) is 0 Å². The van der Waals surface area contributed by atoms with E-state index in [2.05, 4.69) is 0 Å². The van der Waals surface area contributed by atoms with E-state index in [1.54, 1.807) is 6.07 Å². The van der Waals surface area contributed by atoms with Gasteiger partial charge in [0.25, 0.3) is 0 Å². The van der Waals surface area contributed by atoms with Crippen LogP contribution in [0.25, 0.3) is 0 Å². The van der Waals surface area contributed by atoms with Crippen LogP contribution in [0.2, 0.25) is 0 Å². The van der Waals surface area contributed by atoms with Crippen molar-refractivity contribution in [2.75, 3.05) is 13.7 Å². The maximum Gasteiger partial charge on any atom is 0.127 e. The predicted molar refractivity (Wildman–Crippen MR) is 56.9 cm³/mol. The van der Waals surface area contributed by atoms with Crippen molar-refractivity contribution in [3.8, 4) is 5.75 Å². The van der Waals surface area contributed by atoms with Crippen LogP contribution < -0.4 is 4.74 Å². The van der Waals surface area contributed by atoms with Crippen LogP contribution in [0.3, 0.4) is 0 Å². The summed E-state index contributed by atoms with van der Waals surface area (Å²) in [5, 5.41) is 9.56. The number of hydrogen-bond donors (Lipinski definition) is 1. The lowest BCUT2D eigenvalue weighted by Gasteiger charge is -2.27. The normalized spacial score (nSPS) is 25.4. The Morgan fingerprint density at radius 1 is 1.50 bits per heavy atom. The number of halogens is 1. The minimum absolute atomic E-state index is 0.209. The molecule has 2 unspecified atom stereocenters. The minimum atomic E-state index is -0.353. The second kappa shape index (κ2) is 4.80. The zero-order valence-corrected chi connectivity index (χ0v) is 9.15. The Bertz CT molecular complexity index is 367. The fourth-order valence-corrected chi connectivity index (χ4v) is 1.95. The van der Waals surface area contributed by atoms with Gasteiger partial charge >= 0.3 is 0 Å². The predicted octanol–water partition coefficient (Wildman–Crippen LogP) is 2.05. The van der Waals surface area contributed by atoms with Crippen molar-refractivity contribution in [3.63, 3.8) is 0 Å². The average molecular weight is 226 g/mol. The van der Waals surface area contributed by atoms with Gasteiger partial charge in [0, 0.05) is 24.7 Å². The molecule has 4 heteroatoms. The summed E-state index contributed by atoms with van der Waals surface area (Å²) in [6.45, 7) is 0.520. The van der Waals surface area contributed by atoms with Crippen molar-refractivity contribution in [3.05, 3.63) is 29.6 Å². The molecule has 0 radical (unpaired) electrons. The van der Waals surface area contributed by atoms with Gasteiger partial charge in [0.15, 0.2) is 0 Å². The zero-order valence-electron chi connectivity index (χ0n) is 9.15. The molecular formula is C12H15FO3. The van der Waals surface area contributed by atoms with Gasteiger partial charge in [0.1, 0.15) is 11.6 Å². The van der Waals surface area contributed by atoms with Crippen LogP contribution in [0.4, 0.5) is 4.39 Å². The molecule has 88 valence electrons. The van der Waals surface area contributed by atoms with E-state index in [0.717, 1.165) is 5.56 Å². The summed E-state index contributed by atoms with van der Waals surface area (Å²) in [6, 6.07) is 4.36. The molecular weight excluding hydrogens is 211 g/mol. The number of hydrogen-bond acceptors (Lipinski definition) is 3. The fraction of sp³-hybridized carbons (Fsp3) is 0.500. The Kier molecular flexibility index (Phi) is 3.41. The maximum absolute atomic E-state index is 13.0. The highest BCUT2D eigenvalue weighted by atomic mass is 19.1. The molecule has 0 saturated carbocycles. The molecule has 1 aliphatic rings. The monoisotopic (exact) mass is 226 g/mol. The third-order valence-electron chi connectivity index (χ3n) is 2.80. The SMILES string of the molecule is COc1cc(F)ccc1C1CC(O)CCO1. The van der Waals surface area contributed by atoms with Gasteiger partial charge < -0.3 is 14.6 Å². The molecule has 3 nitrogen and oxygen atoms in total. The van der Waals surface area contributed by atoms with E-state index in [4.69, 9.17) is 9.47 Å². The highest BCUT2D eigenvalue weighted by Crippen LogP contribution is 2.34. The van der Waals surface area contributed by atoms with Crippen molar-refractivity contribution in [1.29, 1.82) is 0 Å². The lowest BCUT2D eigenvalue weighted by Crippen LogP contribution is -2.23. The number of rotatable bonds is 2. The van der Waals surface area contributed by atoms with Gasteiger partial charge in [-0.1, -0.05) is 0 Å². The van der Waals surface area contributed by atoms with Gasteiger partial charge in [0.05, 0.1) is 19.3 Å². The number of aliphatic hydroxyl groups excluding tert-OH is 1. The van der Waals surface area contributed by atoms with E-state index in [1.165, 1.54) is 19.2 Å². The Balaban J connectivity index is 2.24. The smallest absolute Gasteiger partial charge is 0.127 e. The van der Waals surface area contributed by atoms with E-state index in [0.29, 0.717) is 25.2 Å². The molecule has 2 atom stereocenters. The summed E-state index contributed by atoms with van der Waals surface area (Å²) in [5.41, 5.74) is 0.794. The first-order chi connectivity index (χ1) is 7.70. The third-order valence-corrected chi connectivity index (χ3v) is 2.80. The second-order valence-corrected chi connectivity index (χ2v) is 3.92. The fourth-order valence-electron chi connectivity index (χ4n) is 1.95. The molecule has 1 heterocycles. The van der Waals surface area contributed by atoms with Crippen LogP contribution in [0.5, 0.6) is 5.75 Å². The molecule has 1 aromatic rings. The molecule has 1 aromatic carbocycles. The summed E-state index contributed by atoms with van der Waals surface area (Å²) in [6.07, 6.45) is 0.620. The average Bonchev–Trinajstić information content (AvgIpc) is 2.28. The molecule has 1 saturated heterocycles. The molecule has 0 spiro atoms. The van der Waals surface area contributed by atoms with Crippen molar-refractivity contribution in [1.82, 2.24) is 0 Å². The molecule has 0 amide bonds. The molecule has 0 aliphatic carbocycles. The van der Waals surface area contributed by atoms with Crippen molar-refractivity contribution < 1.29 is 19.0 Å². The molecule has 1 N–H and O–H groups in total. The molecule has 1 aliphatic heterocycles. The van der Waals surface area contributed by atoms with E-state index in [9.17, 15) is 9.50 Å². The summed E-state index contributed by atoms with van der Waals surface area (Å²) < 4.78 is 23.7. The lowest BCUT2D eigenvalue weighted by molar-refractivity contribution is -0.0455. The van der Waals surface area contributed by atoms with Crippen LogP contribution in [0.15, 0.2) is 18.2 Å². The van der Waals surface area contributed by atoms with Gasteiger partial charge in [0.2, 0.25) is 0 Å². The van der Waals surface area contributed by atoms with Crippen LogP contribution in [-0.4, -0.2) is 24.9 Å². The number of ether oxygens (including phenoxy) is 2. The number of benzene rings is 1. The van der Waals surface area contributed by atoms with Gasteiger partial charge in [-0.05, 0) is 18.6 Å². The molecule has 2 rings (SSSR count). The Morgan fingerprint density at radius 3 is 3.00 bits per heavy atom. The third kappa shape index (κ3) is 2.33. The van der Waals surface area contributed by atoms with E-state index >= 15 is 0 Å². The first-order valence-corrected chi connectivity index (χ1v) is 5.34. The first kappa shape index (κ1) is 11.4. The van der Waals surface area contributed by atoms with Gasteiger partial charge in [-0.25, -0.2) is 4.39 Å². The van der Waals surface area contributed by atoms with Crippen LogP contribution in [0.1, 0.15) is 24.5 Å². The quantitative estimate of drug-likeness (QED) is 0.838. The molecule has 16 heavy (non-hydrogen) atoms. The zero-order chi connectivity index (χ0) is 11.5. The van der Waals surface area contributed by atoms with Crippen LogP contribution in [-0.2, 0) is 4.74 Å². The van der Waals surface area contributed by atoms with Crippen molar-refractivity contribution >= 4 is 0 Å². The summed E-state index contributed by atoms with van der Waals surface area (Å²) in [4.78, 5) is 0. The van der Waals surface area contributed by atoms with Crippen LogP contribution >= 0.6 is 0 Å². The topological polar surface area (TPSA) is 38.7 Å². The largest absolute Gasteiger partial charge is 0.496 e. The lowest BCUT2D eigenvalue weighted by atomic mass is 9.98. The van der Waals surface area contributed by atoms with Crippen molar-refractivity contribution in [2.45, 2.75) is 25.0 Å². The molecule has 0 aromatic heterocycles. The van der Waals surface area contributed by atoms with Crippen molar-refractivity contribution in [2.24, 2.45) is 0 Å². The standard InChI is InChI=1S/C12H15FO3/c1-15-11-6-8(13)2-3-10(11)12-7-9(14)4-5-16-12/h2-3,6,9,12,14H,4-5,7H2,1H3. The minimum Gasteiger partial charge on any atom is -0.496 e. The second-order valence-electron chi connectivity index (χ2n) is 3.92. The number of methoxy groups -OCH3 is 1. The highest BCUT2D eigenvalue weighted by Gasteiger charge is 2.24. The van der Waals surface area contributed by atoms with E-state index in [1.807, 2.05) is 0 Å². The summed E-state index contributed by atoms with van der Waals surface area (Å²) in [7, 11) is 1.50. The van der Waals surface area contributed by atoms with Gasteiger partial charge in [-0.2, -0.15) is 0 Å². The van der Waals surface area contributed by atoms with E-state index in [-0.39, 0.29) is 18.0 Å². The maximum atomic E-state index is 13.0. The number of aliphatic hydroxyl groups is 1. The Hall–Kier alpha value is -1.13. The molecule has 0 bridgehead atoms. The van der Waals surface area contributed by atoms with E-state index < -0.39 is 0 Å². The molecule has 1 fully saturated rings. The Labute approximate surface area is 93.8 Å². The van der Waals surface area contributed by atoms with Crippen LogP contribution in [0, 0.1) is 5.82 Å². The summed E-state index contributed by atoms with van der Waals surface area (Å²) in [5.74, 6) is 0.135. The summed E-state index contributed by atoms with van der Waals surface area (Å²) >= 11 is 0. The highest BCUT2D eigenvalue weighted by molar-refractivity contribution is 5.36. The first-order valence-electron chi connectivity index (χ1n) is 5.34. The van der Waals surface area contributed by atoms with Gasteiger partial charge in [-0.15, -0.1) is 0 Å². The Morgan fingerprint density at radius 2 is 2.31 bits per heavy atom.